The number of nitrogens with zero attached hydrogens (tertiary/aromatic N) is 4. The average molecular weight is 266 g/mol. The Hall–Kier alpha value is -2.43. The number of hydrogen-bond acceptors (Lipinski definition) is 4. The van der Waals surface area contributed by atoms with Crippen molar-refractivity contribution in [1.82, 2.24) is 19.6 Å². The van der Waals surface area contributed by atoms with E-state index in [-0.39, 0.29) is 0 Å². The SMILES string of the molecule is COc1ccc(-c2ccnc3nc(C4CC4)nn23)cc1. The van der Waals surface area contributed by atoms with Gasteiger partial charge in [0.15, 0.2) is 5.82 Å². The van der Waals surface area contributed by atoms with Gasteiger partial charge in [-0.25, -0.2) is 4.98 Å². The van der Waals surface area contributed by atoms with Crippen LogP contribution < -0.4 is 4.74 Å². The Morgan fingerprint density at radius 1 is 1.15 bits per heavy atom. The summed E-state index contributed by atoms with van der Waals surface area (Å²) in [7, 11) is 1.67. The first-order valence-electron chi connectivity index (χ1n) is 6.71. The summed E-state index contributed by atoms with van der Waals surface area (Å²) in [4.78, 5) is 8.81. The Labute approximate surface area is 116 Å². The van der Waals surface area contributed by atoms with Gasteiger partial charge in [-0.3, -0.25) is 0 Å². The Balaban J connectivity index is 1.84. The van der Waals surface area contributed by atoms with Crippen LogP contribution in [0, 0.1) is 0 Å². The second kappa shape index (κ2) is 4.30. The van der Waals surface area contributed by atoms with E-state index in [9.17, 15) is 0 Å². The minimum atomic E-state index is 0.528. The second-order valence-corrected chi connectivity index (χ2v) is 5.01. The summed E-state index contributed by atoms with van der Waals surface area (Å²) in [5.74, 6) is 2.95. The van der Waals surface area contributed by atoms with Crippen molar-refractivity contribution in [1.29, 1.82) is 0 Å². The van der Waals surface area contributed by atoms with E-state index in [2.05, 4.69) is 15.1 Å². The van der Waals surface area contributed by atoms with Gasteiger partial charge in [-0.1, -0.05) is 0 Å². The summed E-state index contributed by atoms with van der Waals surface area (Å²) in [6.07, 6.45) is 4.16. The van der Waals surface area contributed by atoms with Crippen molar-refractivity contribution in [3.8, 4) is 17.0 Å². The van der Waals surface area contributed by atoms with Gasteiger partial charge < -0.3 is 4.74 Å². The molecule has 1 aliphatic rings. The molecule has 0 radical (unpaired) electrons. The molecular weight excluding hydrogens is 252 g/mol. The van der Waals surface area contributed by atoms with Gasteiger partial charge in [0.05, 0.1) is 12.8 Å². The largest absolute Gasteiger partial charge is 0.497 e. The quantitative estimate of drug-likeness (QED) is 0.731. The lowest BCUT2D eigenvalue weighted by atomic mass is 10.1. The molecule has 0 aliphatic heterocycles. The number of benzene rings is 1. The first-order valence-corrected chi connectivity index (χ1v) is 6.71. The summed E-state index contributed by atoms with van der Waals surface area (Å²) < 4.78 is 7.02. The Morgan fingerprint density at radius 2 is 1.95 bits per heavy atom. The average Bonchev–Trinajstić information content (AvgIpc) is 3.26. The van der Waals surface area contributed by atoms with E-state index in [4.69, 9.17) is 4.74 Å². The molecule has 0 amide bonds. The molecule has 5 nitrogen and oxygen atoms in total. The van der Waals surface area contributed by atoms with Crippen LogP contribution in [0.5, 0.6) is 5.75 Å². The molecule has 0 N–H and O–H groups in total. The molecule has 0 unspecified atom stereocenters. The molecule has 4 rings (SSSR count). The molecule has 0 saturated heterocycles. The van der Waals surface area contributed by atoms with Crippen LogP contribution in [-0.2, 0) is 0 Å². The van der Waals surface area contributed by atoms with E-state index in [1.165, 1.54) is 12.8 Å². The van der Waals surface area contributed by atoms with Crippen LogP contribution in [0.25, 0.3) is 17.0 Å². The molecule has 0 bridgehead atoms. The van der Waals surface area contributed by atoms with Crippen molar-refractivity contribution in [3.05, 3.63) is 42.4 Å². The molecule has 1 fully saturated rings. The van der Waals surface area contributed by atoms with Gasteiger partial charge in [0.25, 0.3) is 5.78 Å². The number of ether oxygens (including phenoxy) is 1. The monoisotopic (exact) mass is 266 g/mol. The second-order valence-electron chi connectivity index (χ2n) is 5.01. The van der Waals surface area contributed by atoms with E-state index < -0.39 is 0 Å². The normalized spacial score (nSPS) is 14.7. The maximum Gasteiger partial charge on any atom is 0.252 e. The standard InChI is InChI=1S/C15H14N4O/c1-20-12-6-4-10(5-7-12)13-8-9-16-15-17-14(11-2-3-11)18-19(13)15/h4-9,11H,2-3H2,1H3. The van der Waals surface area contributed by atoms with Crippen molar-refractivity contribution in [2.75, 3.05) is 7.11 Å². The van der Waals surface area contributed by atoms with Crippen LogP contribution in [0.2, 0.25) is 0 Å². The molecule has 0 atom stereocenters. The highest BCUT2D eigenvalue weighted by Gasteiger charge is 2.28. The lowest BCUT2D eigenvalue weighted by molar-refractivity contribution is 0.415. The van der Waals surface area contributed by atoms with Crippen LogP contribution in [0.15, 0.2) is 36.5 Å². The molecule has 0 spiro atoms. The maximum atomic E-state index is 5.19. The topological polar surface area (TPSA) is 52.3 Å². The van der Waals surface area contributed by atoms with E-state index in [0.29, 0.717) is 11.7 Å². The summed E-state index contributed by atoms with van der Waals surface area (Å²) in [6.45, 7) is 0. The van der Waals surface area contributed by atoms with Gasteiger partial charge in [0, 0.05) is 17.7 Å². The highest BCUT2D eigenvalue weighted by Crippen LogP contribution is 2.38. The molecular formula is C15H14N4O. The molecule has 20 heavy (non-hydrogen) atoms. The van der Waals surface area contributed by atoms with Crippen LogP contribution in [-0.4, -0.2) is 26.7 Å². The maximum absolute atomic E-state index is 5.19. The molecule has 5 heteroatoms. The lowest BCUT2D eigenvalue weighted by Crippen LogP contribution is -1.96. The van der Waals surface area contributed by atoms with Crippen molar-refractivity contribution in [3.63, 3.8) is 0 Å². The van der Waals surface area contributed by atoms with E-state index in [0.717, 1.165) is 22.8 Å². The van der Waals surface area contributed by atoms with Crippen LogP contribution in [0.4, 0.5) is 0 Å². The van der Waals surface area contributed by atoms with Crippen molar-refractivity contribution < 1.29 is 4.74 Å². The summed E-state index contributed by atoms with van der Waals surface area (Å²) >= 11 is 0. The Kier molecular flexibility index (Phi) is 2.45. The third-order valence-electron chi connectivity index (χ3n) is 3.59. The number of rotatable bonds is 3. The molecule has 2 aromatic heterocycles. The molecule has 1 aromatic carbocycles. The molecule has 1 saturated carbocycles. The van der Waals surface area contributed by atoms with Gasteiger partial charge in [-0.15, -0.1) is 5.10 Å². The Bertz CT molecular complexity index is 759. The predicted octanol–water partition coefficient (Wildman–Crippen LogP) is 2.68. The summed E-state index contributed by atoms with van der Waals surface area (Å²) in [5.41, 5.74) is 2.07. The molecule has 3 aromatic rings. The van der Waals surface area contributed by atoms with E-state index >= 15 is 0 Å². The third kappa shape index (κ3) is 1.82. The number of methoxy groups -OCH3 is 1. The van der Waals surface area contributed by atoms with Gasteiger partial charge in [-0.05, 0) is 43.2 Å². The Morgan fingerprint density at radius 3 is 2.65 bits per heavy atom. The van der Waals surface area contributed by atoms with Crippen molar-refractivity contribution in [2.45, 2.75) is 18.8 Å². The fraction of sp³-hybridized carbons (Fsp3) is 0.267. The van der Waals surface area contributed by atoms with Crippen LogP contribution in [0.3, 0.4) is 0 Å². The molecule has 1 aliphatic carbocycles. The lowest BCUT2D eigenvalue weighted by Gasteiger charge is -2.04. The van der Waals surface area contributed by atoms with Gasteiger partial charge >= 0.3 is 0 Å². The zero-order valence-electron chi connectivity index (χ0n) is 11.2. The first kappa shape index (κ1) is 11.4. The van der Waals surface area contributed by atoms with Crippen molar-refractivity contribution >= 4 is 5.78 Å². The smallest absolute Gasteiger partial charge is 0.252 e. The third-order valence-corrected chi connectivity index (χ3v) is 3.59. The minimum absolute atomic E-state index is 0.528. The highest BCUT2D eigenvalue weighted by atomic mass is 16.5. The van der Waals surface area contributed by atoms with E-state index in [1.807, 2.05) is 34.8 Å². The number of fused-ring (bicyclic) bond motifs is 1. The minimum Gasteiger partial charge on any atom is -0.497 e. The van der Waals surface area contributed by atoms with Gasteiger partial charge in [-0.2, -0.15) is 9.50 Å². The first-order chi connectivity index (χ1) is 9.85. The summed E-state index contributed by atoms with van der Waals surface area (Å²) in [5, 5.41) is 4.61. The zero-order valence-corrected chi connectivity index (χ0v) is 11.2. The van der Waals surface area contributed by atoms with Crippen molar-refractivity contribution in [2.24, 2.45) is 0 Å². The predicted molar refractivity (Wildman–Crippen MR) is 74.7 cm³/mol. The highest BCUT2D eigenvalue weighted by molar-refractivity contribution is 5.62. The zero-order chi connectivity index (χ0) is 13.5. The van der Waals surface area contributed by atoms with Crippen LogP contribution in [0.1, 0.15) is 24.6 Å². The van der Waals surface area contributed by atoms with Gasteiger partial charge in [0.2, 0.25) is 0 Å². The number of hydrogen-bond donors (Lipinski definition) is 0. The summed E-state index contributed by atoms with van der Waals surface area (Å²) in [6, 6.07) is 9.89. The molecule has 2 heterocycles. The number of aromatic nitrogens is 4. The van der Waals surface area contributed by atoms with Gasteiger partial charge in [0.1, 0.15) is 5.75 Å². The molecule has 100 valence electrons. The fourth-order valence-corrected chi connectivity index (χ4v) is 2.30. The fourth-order valence-electron chi connectivity index (χ4n) is 2.30. The van der Waals surface area contributed by atoms with Crippen LogP contribution >= 0.6 is 0 Å². The van der Waals surface area contributed by atoms with E-state index in [1.54, 1.807) is 13.3 Å².